The summed E-state index contributed by atoms with van der Waals surface area (Å²) in [5.41, 5.74) is 0. The monoisotopic (exact) mass is 378 g/mol. The van der Waals surface area contributed by atoms with Crippen molar-refractivity contribution in [1.29, 1.82) is 0 Å². The van der Waals surface area contributed by atoms with Crippen LogP contribution in [0.4, 0.5) is 0 Å². The summed E-state index contributed by atoms with van der Waals surface area (Å²) in [6.45, 7) is 4.45. The topological polar surface area (TPSA) is 36.9 Å². The second-order valence-electron chi connectivity index (χ2n) is 6.76. The molecule has 0 unspecified atom stereocenters. The number of unbranched alkanes of at least 4 members (excludes halogenated alkanes) is 5. The number of rotatable bonds is 17. The van der Waals surface area contributed by atoms with Crippen LogP contribution in [0.1, 0.15) is 65.2 Å². The highest BCUT2D eigenvalue weighted by molar-refractivity contribution is 6.67. The highest BCUT2D eigenvalue weighted by Gasteiger charge is 2.35. The fourth-order valence-electron chi connectivity index (χ4n) is 3.27. The first-order valence-corrected chi connectivity index (χ1v) is 14.2. The van der Waals surface area contributed by atoms with Crippen molar-refractivity contribution in [3.8, 4) is 0 Å². The van der Waals surface area contributed by atoms with E-state index in [1.165, 1.54) is 51.4 Å². The molecule has 0 aromatic rings. The molecular formula is C18H42O4Si2. The summed E-state index contributed by atoms with van der Waals surface area (Å²) in [5, 5.41) is 0. The quantitative estimate of drug-likeness (QED) is 0.243. The van der Waals surface area contributed by atoms with Crippen molar-refractivity contribution >= 4 is 17.1 Å². The van der Waals surface area contributed by atoms with Crippen LogP contribution in [-0.4, -0.2) is 45.6 Å². The molecule has 146 valence electrons. The summed E-state index contributed by atoms with van der Waals surface area (Å²) in [7, 11) is 3.45. The maximum absolute atomic E-state index is 5.81. The van der Waals surface area contributed by atoms with E-state index in [9.17, 15) is 0 Å². The molecule has 0 saturated carbocycles. The van der Waals surface area contributed by atoms with Gasteiger partial charge in [-0.15, -0.1) is 0 Å². The molecular weight excluding hydrogens is 336 g/mol. The van der Waals surface area contributed by atoms with Crippen LogP contribution in [0.5, 0.6) is 0 Å². The van der Waals surface area contributed by atoms with Crippen molar-refractivity contribution in [3.05, 3.63) is 0 Å². The van der Waals surface area contributed by atoms with Crippen molar-refractivity contribution in [1.82, 2.24) is 0 Å². The highest BCUT2D eigenvalue weighted by Crippen LogP contribution is 2.26. The molecule has 0 spiro atoms. The summed E-state index contributed by atoms with van der Waals surface area (Å²) in [5.74, 6) is 0. The van der Waals surface area contributed by atoms with E-state index >= 15 is 0 Å². The SMILES string of the molecule is CCCC[Si](CCCCCC[Si](CCCC)(OC)OC)(OC)OC. The third-order valence-electron chi connectivity index (χ3n) is 5.18. The molecule has 0 aromatic heterocycles. The maximum Gasteiger partial charge on any atom is 0.337 e. The van der Waals surface area contributed by atoms with E-state index in [1.54, 1.807) is 0 Å². The second-order valence-corrected chi connectivity index (χ2v) is 14.0. The summed E-state index contributed by atoms with van der Waals surface area (Å²) in [6, 6.07) is 4.48. The normalized spacial score (nSPS) is 12.8. The molecule has 0 fully saturated rings. The Morgan fingerprint density at radius 1 is 0.458 bits per heavy atom. The van der Waals surface area contributed by atoms with Gasteiger partial charge in [0.2, 0.25) is 0 Å². The largest absolute Gasteiger partial charge is 0.398 e. The molecule has 0 aliphatic heterocycles. The van der Waals surface area contributed by atoms with Gasteiger partial charge in [0.25, 0.3) is 0 Å². The smallest absolute Gasteiger partial charge is 0.337 e. The van der Waals surface area contributed by atoms with Gasteiger partial charge in [0.1, 0.15) is 0 Å². The first-order chi connectivity index (χ1) is 11.6. The van der Waals surface area contributed by atoms with Gasteiger partial charge in [-0.05, 0) is 24.2 Å². The molecule has 4 nitrogen and oxygen atoms in total. The lowest BCUT2D eigenvalue weighted by Crippen LogP contribution is -2.40. The van der Waals surface area contributed by atoms with Crippen LogP contribution in [0, 0.1) is 0 Å². The molecule has 0 aliphatic carbocycles. The number of hydrogen-bond donors (Lipinski definition) is 0. The van der Waals surface area contributed by atoms with Crippen molar-refractivity contribution in [2.75, 3.05) is 28.4 Å². The lowest BCUT2D eigenvalue weighted by molar-refractivity contribution is 0.236. The van der Waals surface area contributed by atoms with E-state index in [4.69, 9.17) is 17.7 Å². The summed E-state index contributed by atoms with van der Waals surface area (Å²) < 4.78 is 23.3. The fourth-order valence-corrected chi connectivity index (χ4v) is 9.10. The van der Waals surface area contributed by atoms with Gasteiger partial charge in [0, 0.05) is 28.4 Å². The van der Waals surface area contributed by atoms with Gasteiger partial charge in [0.15, 0.2) is 0 Å². The van der Waals surface area contributed by atoms with Gasteiger partial charge in [0.05, 0.1) is 0 Å². The van der Waals surface area contributed by atoms with E-state index in [2.05, 4.69) is 13.8 Å². The zero-order chi connectivity index (χ0) is 18.3. The molecule has 6 heteroatoms. The molecule has 0 heterocycles. The van der Waals surface area contributed by atoms with E-state index in [1.807, 2.05) is 28.4 Å². The van der Waals surface area contributed by atoms with E-state index in [-0.39, 0.29) is 0 Å². The Balaban J connectivity index is 4.09. The molecule has 0 aliphatic rings. The summed E-state index contributed by atoms with van der Waals surface area (Å²) >= 11 is 0. The predicted octanol–water partition coefficient (Wildman–Crippen LogP) is 5.62. The van der Waals surface area contributed by atoms with E-state index in [0.717, 1.165) is 24.2 Å². The minimum atomic E-state index is -1.93. The molecule has 0 aromatic carbocycles. The van der Waals surface area contributed by atoms with Crippen LogP contribution in [-0.2, 0) is 17.7 Å². The minimum absolute atomic E-state index is 1.12. The Bertz CT molecular complexity index is 254. The highest BCUT2D eigenvalue weighted by atomic mass is 28.4. The zero-order valence-electron chi connectivity index (χ0n) is 17.1. The Morgan fingerprint density at radius 3 is 1.00 bits per heavy atom. The average Bonchev–Trinajstić information content (AvgIpc) is 2.63. The Kier molecular flexibility index (Phi) is 14.6. The van der Waals surface area contributed by atoms with Gasteiger partial charge < -0.3 is 17.7 Å². The zero-order valence-corrected chi connectivity index (χ0v) is 19.1. The Labute approximate surface area is 153 Å². The fraction of sp³-hybridized carbons (Fsp3) is 1.00. The van der Waals surface area contributed by atoms with Crippen LogP contribution in [0.3, 0.4) is 0 Å². The third-order valence-corrected chi connectivity index (χ3v) is 12.6. The van der Waals surface area contributed by atoms with Crippen LogP contribution < -0.4 is 0 Å². The first kappa shape index (κ1) is 24.3. The lowest BCUT2D eigenvalue weighted by atomic mass is 10.2. The molecule has 0 saturated heterocycles. The van der Waals surface area contributed by atoms with Gasteiger partial charge in [-0.25, -0.2) is 0 Å². The molecule has 24 heavy (non-hydrogen) atoms. The van der Waals surface area contributed by atoms with Crippen molar-refractivity contribution in [3.63, 3.8) is 0 Å². The third kappa shape index (κ3) is 9.10. The second kappa shape index (κ2) is 14.4. The van der Waals surface area contributed by atoms with Gasteiger partial charge >= 0.3 is 17.1 Å². The summed E-state index contributed by atoms with van der Waals surface area (Å²) in [6.07, 6.45) is 9.75. The first-order valence-electron chi connectivity index (χ1n) is 9.78. The Hall–Kier alpha value is 0.274. The van der Waals surface area contributed by atoms with Crippen molar-refractivity contribution in [2.24, 2.45) is 0 Å². The molecule has 0 atom stereocenters. The average molecular weight is 379 g/mol. The van der Waals surface area contributed by atoms with Crippen LogP contribution >= 0.6 is 0 Å². The van der Waals surface area contributed by atoms with E-state index < -0.39 is 17.1 Å². The number of hydrogen-bond acceptors (Lipinski definition) is 4. The van der Waals surface area contributed by atoms with Gasteiger partial charge in [-0.1, -0.05) is 65.2 Å². The molecule has 0 N–H and O–H groups in total. The standard InChI is InChI=1S/C18H42O4Si2/c1-7-9-15-23(19-3,20-4)17-13-11-12-14-18-24(21-5,22-6)16-10-8-2/h7-18H2,1-6H3. The van der Waals surface area contributed by atoms with Gasteiger partial charge in [-0.3, -0.25) is 0 Å². The molecule has 0 amide bonds. The summed E-state index contributed by atoms with van der Waals surface area (Å²) in [4.78, 5) is 0. The van der Waals surface area contributed by atoms with E-state index in [0.29, 0.717) is 0 Å². The molecule has 0 rings (SSSR count). The predicted molar refractivity (Wildman–Crippen MR) is 107 cm³/mol. The minimum Gasteiger partial charge on any atom is -0.398 e. The van der Waals surface area contributed by atoms with Crippen LogP contribution in [0.15, 0.2) is 0 Å². The van der Waals surface area contributed by atoms with Crippen molar-refractivity contribution < 1.29 is 17.7 Å². The van der Waals surface area contributed by atoms with Gasteiger partial charge in [-0.2, -0.15) is 0 Å². The maximum atomic E-state index is 5.81. The van der Waals surface area contributed by atoms with Crippen LogP contribution in [0.25, 0.3) is 0 Å². The molecule has 0 radical (unpaired) electrons. The Morgan fingerprint density at radius 2 is 0.750 bits per heavy atom. The van der Waals surface area contributed by atoms with Crippen molar-refractivity contribution in [2.45, 2.75) is 89.4 Å². The molecule has 0 bridgehead atoms. The lowest BCUT2D eigenvalue weighted by Gasteiger charge is -2.28. The van der Waals surface area contributed by atoms with Crippen LogP contribution in [0.2, 0.25) is 24.2 Å².